The number of anilines is 2. The Balaban J connectivity index is 2.35. The molecule has 1 aromatic heterocycles. The molecule has 0 aliphatic heterocycles. The first-order valence-corrected chi connectivity index (χ1v) is 5.84. The van der Waals surface area contributed by atoms with Crippen LogP contribution in [-0.2, 0) is 0 Å². The van der Waals surface area contributed by atoms with E-state index in [4.69, 9.17) is 15.7 Å². The van der Waals surface area contributed by atoms with Crippen molar-refractivity contribution in [2.24, 2.45) is 10.9 Å². The van der Waals surface area contributed by atoms with Crippen LogP contribution in [0.4, 0.5) is 11.6 Å². The average molecular weight is 273 g/mol. The number of hydrogen-bond donors (Lipinski definition) is 2. The molecule has 20 heavy (non-hydrogen) atoms. The Morgan fingerprint density at radius 1 is 1.40 bits per heavy atom. The van der Waals surface area contributed by atoms with Gasteiger partial charge in [-0.3, -0.25) is 0 Å². The van der Waals surface area contributed by atoms with Crippen molar-refractivity contribution in [2.75, 3.05) is 19.1 Å². The van der Waals surface area contributed by atoms with Gasteiger partial charge in [0.25, 0.3) is 0 Å². The van der Waals surface area contributed by atoms with Gasteiger partial charge in [0, 0.05) is 25.0 Å². The fourth-order valence-electron chi connectivity index (χ4n) is 1.64. The monoisotopic (exact) mass is 273 g/mol. The average Bonchev–Trinajstić information content (AvgIpc) is 2.53. The van der Waals surface area contributed by atoms with Gasteiger partial charge in [-0.1, -0.05) is 11.2 Å². The molecular weight excluding hydrogens is 258 g/mol. The fraction of sp³-hybridized carbons (Fsp3) is 0.154. The molecule has 2 rings (SSSR count). The van der Waals surface area contributed by atoms with E-state index in [9.17, 15) is 0 Å². The minimum atomic E-state index is -0.0623. The van der Waals surface area contributed by atoms with E-state index in [1.54, 1.807) is 24.3 Å². The second-order valence-corrected chi connectivity index (χ2v) is 3.99. The Hall–Kier alpha value is -2.83. The lowest BCUT2D eigenvalue weighted by Crippen LogP contribution is -2.19. The van der Waals surface area contributed by atoms with Gasteiger partial charge in [0.2, 0.25) is 5.95 Å². The second kappa shape index (κ2) is 5.87. The predicted octanol–water partition coefficient (Wildman–Crippen LogP) is 1.35. The van der Waals surface area contributed by atoms with Crippen LogP contribution in [0.3, 0.4) is 0 Å². The van der Waals surface area contributed by atoms with Gasteiger partial charge in [-0.05, 0) is 18.2 Å². The van der Waals surface area contributed by atoms with Crippen molar-refractivity contribution in [3.8, 4) is 5.75 Å². The number of oxime groups is 1. The molecule has 104 valence electrons. The molecule has 1 heterocycles. The summed E-state index contributed by atoms with van der Waals surface area (Å²) in [5.74, 6) is 1.11. The van der Waals surface area contributed by atoms with E-state index < -0.39 is 0 Å². The number of nitrogens with zero attached hydrogens (tertiary/aromatic N) is 4. The molecule has 7 nitrogen and oxygen atoms in total. The SMILES string of the molecule is COc1cccc(N(C)c2nccc(/C(N)=N/O)n2)c1. The van der Waals surface area contributed by atoms with E-state index in [1.807, 2.05) is 31.3 Å². The van der Waals surface area contributed by atoms with Gasteiger partial charge in [0.15, 0.2) is 5.84 Å². The van der Waals surface area contributed by atoms with E-state index in [-0.39, 0.29) is 5.84 Å². The van der Waals surface area contributed by atoms with Crippen LogP contribution in [0.1, 0.15) is 5.69 Å². The molecule has 0 radical (unpaired) electrons. The molecule has 7 heteroatoms. The van der Waals surface area contributed by atoms with E-state index in [1.165, 1.54) is 0 Å². The normalized spacial score (nSPS) is 11.2. The maximum absolute atomic E-state index is 8.68. The van der Waals surface area contributed by atoms with Gasteiger partial charge in [-0.25, -0.2) is 9.97 Å². The van der Waals surface area contributed by atoms with Crippen LogP contribution in [0.5, 0.6) is 5.75 Å². The minimum absolute atomic E-state index is 0.0623. The molecule has 0 spiro atoms. The molecule has 0 aliphatic carbocycles. The molecule has 1 aromatic carbocycles. The van der Waals surface area contributed by atoms with Crippen molar-refractivity contribution in [3.63, 3.8) is 0 Å². The van der Waals surface area contributed by atoms with Crippen molar-refractivity contribution in [1.29, 1.82) is 0 Å². The Bertz CT molecular complexity index is 630. The zero-order chi connectivity index (χ0) is 14.5. The number of benzene rings is 1. The molecule has 0 saturated carbocycles. The largest absolute Gasteiger partial charge is 0.497 e. The smallest absolute Gasteiger partial charge is 0.230 e. The first-order chi connectivity index (χ1) is 9.65. The maximum Gasteiger partial charge on any atom is 0.230 e. The van der Waals surface area contributed by atoms with Crippen LogP contribution in [0.2, 0.25) is 0 Å². The first-order valence-electron chi connectivity index (χ1n) is 5.84. The summed E-state index contributed by atoms with van der Waals surface area (Å²) in [5.41, 5.74) is 6.73. The Morgan fingerprint density at radius 2 is 2.20 bits per heavy atom. The van der Waals surface area contributed by atoms with Crippen molar-refractivity contribution in [3.05, 3.63) is 42.2 Å². The lowest BCUT2D eigenvalue weighted by atomic mass is 10.3. The number of nitrogens with two attached hydrogens (primary N) is 1. The number of ether oxygens (including phenoxy) is 1. The van der Waals surface area contributed by atoms with Gasteiger partial charge in [-0.15, -0.1) is 0 Å². The molecular formula is C13H15N5O2. The predicted molar refractivity (Wildman–Crippen MR) is 75.6 cm³/mol. The Kier molecular flexibility index (Phi) is 3.99. The van der Waals surface area contributed by atoms with Crippen LogP contribution >= 0.6 is 0 Å². The minimum Gasteiger partial charge on any atom is -0.497 e. The fourth-order valence-corrected chi connectivity index (χ4v) is 1.64. The van der Waals surface area contributed by atoms with Crippen molar-refractivity contribution < 1.29 is 9.94 Å². The van der Waals surface area contributed by atoms with Crippen LogP contribution in [0.25, 0.3) is 0 Å². The molecule has 0 aliphatic rings. The third-order valence-electron chi connectivity index (χ3n) is 2.75. The lowest BCUT2D eigenvalue weighted by molar-refractivity contribution is 0.318. The Labute approximate surface area is 116 Å². The molecule has 3 N–H and O–H groups in total. The molecule has 0 fully saturated rings. The van der Waals surface area contributed by atoms with Gasteiger partial charge in [-0.2, -0.15) is 0 Å². The third kappa shape index (κ3) is 2.77. The summed E-state index contributed by atoms with van der Waals surface area (Å²) >= 11 is 0. The number of aromatic nitrogens is 2. The van der Waals surface area contributed by atoms with Crippen LogP contribution in [0.15, 0.2) is 41.7 Å². The highest BCUT2D eigenvalue weighted by atomic mass is 16.5. The molecule has 0 bridgehead atoms. The number of rotatable bonds is 4. The molecule has 0 unspecified atom stereocenters. The maximum atomic E-state index is 8.68. The van der Waals surface area contributed by atoms with Crippen LogP contribution < -0.4 is 15.4 Å². The van der Waals surface area contributed by atoms with E-state index in [0.717, 1.165) is 11.4 Å². The summed E-state index contributed by atoms with van der Waals surface area (Å²) in [7, 11) is 3.43. The van der Waals surface area contributed by atoms with Crippen molar-refractivity contribution in [1.82, 2.24) is 9.97 Å². The zero-order valence-electron chi connectivity index (χ0n) is 11.2. The van der Waals surface area contributed by atoms with E-state index >= 15 is 0 Å². The molecule has 0 atom stereocenters. The van der Waals surface area contributed by atoms with Crippen LogP contribution in [-0.4, -0.2) is 35.2 Å². The topological polar surface area (TPSA) is 96.9 Å². The van der Waals surface area contributed by atoms with Crippen molar-refractivity contribution >= 4 is 17.5 Å². The second-order valence-electron chi connectivity index (χ2n) is 3.99. The summed E-state index contributed by atoms with van der Waals surface area (Å²) in [6, 6.07) is 9.06. The van der Waals surface area contributed by atoms with Gasteiger partial charge >= 0.3 is 0 Å². The standard InChI is InChI=1S/C13H15N5O2/c1-18(9-4-3-5-10(8-9)20-2)13-15-7-6-11(16-13)12(14)17-19/h3-8,19H,1-2H3,(H2,14,17). The molecule has 2 aromatic rings. The lowest BCUT2D eigenvalue weighted by Gasteiger charge is -2.18. The summed E-state index contributed by atoms with van der Waals surface area (Å²) in [6.07, 6.45) is 1.55. The van der Waals surface area contributed by atoms with Gasteiger partial charge in [0.05, 0.1) is 7.11 Å². The highest BCUT2D eigenvalue weighted by Crippen LogP contribution is 2.24. The summed E-state index contributed by atoms with van der Waals surface area (Å²) in [4.78, 5) is 10.2. The highest BCUT2D eigenvalue weighted by molar-refractivity contribution is 5.95. The van der Waals surface area contributed by atoms with Gasteiger partial charge < -0.3 is 20.6 Å². The number of amidine groups is 1. The van der Waals surface area contributed by atoms with Gasteiger partial charge in [0.1, 0.15) is 11.4 Å². The van der Waals surface area contributed by atoms with Crippen LogP contribution in [0, 0.1) is 0 Å². The van der Waals surface area contributed by atoms with E-state index in [0.29, 0.717) is 11.6 Å². The molecule has 0 saturated heterocycles. The quantitative estimate of drug-likeness (QED) is 0.378. The zero-order valence-corrected chi connectivity index (χ0v) is 11.2. The third-order valence-corrected chi connectivity index (χ3v) is 2.75. The summed E-state index contributed by atoms with van der Waals surface area (Å²) in [5, 5.41) is 11.6. The number of hydrogen-bond acceptors (Lipinski definition) is 6. The first kappa shape index (κ1) is 13.6. The Morgan fingerprint density at radius 3 is 2.90 bits per heavy atom. The summed E-state index contributed by atoms with van der Waals surface area (Å²) < 4.78 is 5.18. The van der Waals surface area contributed by atoms with Crippen molar-refractivity contribution in [2.45, 2.75) is 0 Å². The van der Waals surface area contributed by atoms with E-state index in [2.05, 4.69) is 15.1 Å². The highest BCUT2D eigenvalue weighted by Gasteiger charge is 2.10. The molecule has 0 amide bonds. The number of methoxy groups -OCH3 is 1. The summed E-state index contributed by atoms with van der Waals surface area (Å²) in [6.45, 7) is 0.